The molecule has 0 spiro atoms. The van der Waals surface area contributed by atoms with Crippen LogP contribution in [0, 0.1) is 11.6 Å². The Labute approximate surface area is 167 Å². The molecule has 2 aliphatic rings. The largest absolute Gasteiger partial charge is 0.442 e. The summed E-state index contributed by atoms with van der Waals surface area (Å²) in [4.78, 5) is 27.9. The topological polar surface area (TPSA) is 65.1 Å². The molecule has 1 aromatic rings. The highest BCUT2D eigenvalue weighted by atomic mass is 32.1. The third-order valence-corrected chi connectivity index (χ3v) is 5.25. The van der Waals surface area contributed by atoms with E-state index in [4.69, 9.17) is 17.0 Å². The number of carbonyl (C=O) groups is 2. The van der Waals surface area contributed by atoms with E-state index in [0.717, 1.165) is 18.5 Å². The molecular formula is C18H22F2N4O3S. The number of cyclic esters (lactones) is 1. The maximum Gasteiger partial charge on any atom is 0.414 e. The van der Waals surface area contributed by atoms with Gasteiger partial charge in [0.1, 0.15) is 11.8 Å². The third kappa shape index (κ3) is 4.32. The number of ether oxygens (including phenoxy) is 1. The van der Waals surface area contributed by atoms with Crippen molar-refractivity contribution in [2.75, 3.05) is 49.1 Å². The Bertz CT molecular complexity index is 748. The van der Waals surface area contributed by atoms with Gasteiger partial charge in [-0.1, -0.05) is 19.1 Å². The van der Waals surface area contributed by atoms with Crippen LogP contribution in [0.5, 0.6) is 0 Å². The molecule has 2 saturated heterocycles. The fraction of sp³-hybridized carbons (Fsp3) is 0.500. The van der Waals surface area contributed by atoms with Crippen LogP contribution in [0.25, 0.3) is 0 Å². The summed E-state index contributed by atoms with van der Waals surface area (Å²) in [5.74, 6) is -1.51. The van der Waals surface area contributed by atoms with Gasteiger partial charge < -0.3 is 19.9 Å². The van der Waals surface area contributed by atoms with Crippen LogP contribution in [-0.4, -0.2) is 67.8 Å². The van der Waals surface area contributed by atoms with E-state index in [-0.39, 0.29) is 17.9 Å². The van der Waals surface area contributed by atoms with E-state index in [1.54, 1.807) is 9.80 Å². The Kier molecular flexibility index (Phi) is 6.28. The van der Waals surface area contributed by atoms with Crippen molar-refractivity contribution in [2.45, 2.75) is 19.4 Å². The third-order valence-electron chi connectivity index (χ3n) is 4.81. The van der Waals surface area contributed by atoms with Crippen molar-refractivity contribution in [1.82, 2.24) is 10.2 Å². The molecule has 7 nitrogen and oxygen atoms in total. The zero-order valence-electron chi connectivity index (χ0n) is 15.5. The molecule has 0 bridgehead atoms. The Balaban J connectivity index is 1.71. The Morgan fingerprint density at radius 1 is 1.29 bits per heavy atom. The molecule has 2 fully saturated rings. The molecule has 0 unspecified atom stereocenters. The summed E-state index contributed by atoms with van der Waals surface area (Å²) in [5.41, 5.74) is -0.0378. The number of nitrogens with zero attached hydrogens (tertiary/aromatic N) is 3. The molecule has 2 amide bonds. The van der Waals surface area contributed by atoms with E-state index in [2.05, 4.69) is 5.32 Å². The molecule has 0 aromatic heterocycles. The van der Waals surface area contributed by atoms with Crippen LogP contribution in [0.1, 0.15) is 13.3 Å². The van der Waals surface area contributed by atoms with E-state index in [1.807, 2.05) is 6.92 Å². The minimum Gasteiger partial charge on any atom is -0.442 e. The van der Waals surface area contributed by atoms with Gasteiger partial charge in [-0.25, -0.2) is 13.6 Å². The average Bonchev–Trinajstić information content (AvgIpc) is 3.06. The lowest BCUT2D eigenvalue weighted by atomic mass is 10.2. The highest BCUT2D eigenvalue weighted by Gasteiger charge is 2.34. The number of hydrogen-bond donors (Lipinski definition) is 1. The maximum absolute atomic E-state index is 14.7. The predicted molar refractivity (Wildman–Crippen MR) is 105 cm³/mol. The molecule has 0 aliphatic carbocycles. The van der Waals surface area contributed by atoms with Crippen LogP contribution in [0.3, 0.4) is 0 Å². The van der Waals surface area contributed by atoms with Gasteiger partial charge in [0, 0.05) is 38.3 Å². The van der Waals surface area contributed by atoms with E-state index < -0.39 is 23.8 Å². The maximum atomic E-state index is 14.7. The molecule has 2 aliphatic heterocycles. The summed E-state index contributed by atoms with van der Waals surface area (Å²) in [6, 6.07) is 2.27. The van der Waals surface area contributed by atoms with Crippen molar-refractivity contribution in [2.24, 2.45) is 0 Å². The Morgan fingerprint density at radius 3 is 2.50 bits per heavy atom. The molecule has 152 valence electrons. The number of nitrogens with one attached hydrogen (secondary N) is 1. The molecule has 1 N–H and O–H groups in total. The number of carbonyl (C=O) groups excluding carboxylic acids is 2. The average molecular weight is 412 g/mol. The quantitative estimate of drug-likeness (QED) is 0.569. The number of anilines is 2. The molecule has 10 heteroatoms. The smallest absolute Gasteiger partial charge is 0.414 e. The highest BCUT2D eigenvalue weighted by molar-refractivity contribution is 7.80. The van der Waals surface area contributed by atoms with Crippen LogP contribution in [0.15, 0.2) is 12.1 Å². The lowest BCUT2D eigenvalue weighted by molar-refractivity contribution is -0.118. The van der Waals surface area contributed by atoms with Crippen LogP contribution in [0.2, 0.25) is 0 Å². The van der Waals surface area contributed by atoms with Gasteiger partial charge in [0.25, 0.3) is 0 Å². The molecule has 3 rings (SSSR count). The lowest BCUT2D eigenvalue weighted by Crippen LogP contribution is -2.46. The van der Waals surface area contributed by atoms with Gasteiger partial charge in [-0.05, 0) is 6.42 Å². The molecule has 2 heterocycles. The van der Waals surface area contributed by atoms with E-state index in [9.17, 15) is 18.4 Å². The minimum absolute atomic E-state index is 0.107. The number of thiocarbonyl (C=S) groups is 1. The molecular weight excluding hydrogens is 390 g/mol. The van der Waals surface area contributed by atoms with Gasteiger partial charge in [-0.3, -0.25) is 9.69 Å². The van der Waals surface area contributed by atoms with Crippen molar-refractivity contribution < 1.29 is 23.1 Å². The van der Waals surface area contributed by atoms with E-state index in [0.29, 0.717) is 44.1 Å². The second kappa shape index (κ2) is 8.68. The fourth-order valence-corrected chi connectivity index (χ4v) is 3.34. The van der Waals surface area contributed by atoms with E-state index >= 15 is 0 Å². The summed E-state index contributed by atoms with van der Waals surface area (Å²) in [6.07, 6.45) is 0.295. The molecule has 0 saturated carbocycles. The molecule has 1 aromatic carbocycles. The lowest BCUT2D eigenvalue weighted by Gasteiger charge is -2.34. The van der Waals surface area contributed by atoms with Crippen molar-refractivity contribution >= 4 is 41.1 Å². The fourth-order valence-electron chi connectivity index (χ4n) is 3.25. The van der Waals surface area contributed by atoms with Crippen molar-refractivity contribution in [3.63, 3.8) is 0 Å². The van der Waals surface area contributed by atoms with Gasteiger partial charge in [-0.15, -0.1) is 0 Å². The normalized spacial score (nSPS) is 19.6. The number of hydrogen-bond acceptors (Lipinski definition) is 5. The van der Waals surface area contributed by atoms with Crippen LogP contribution >= 0.6 is 12.2 Å². The SMILES string of the molecule is CCC(=S)NC[C@H]1CN(c2cc(F)c(N3CCN(C=O)CC3)c(F)c2)C(=O)O1. The summed E-state index contributed by atoms with van der Waals surface area (Å²) >= 11 is 5.08. The first-order chi connectivity index (χ1) is 13.4. The van der Waals surface area contributed by atoms with Gasteiger partial charge in [0.15, 0.2) is 11.6 Å². The standard InChI is InChI=1S/C18H22F2N4O3S/c1-2-16(28)21-9-13-10-24(18(26)27-13)12-7-14(19)17(15(20)8-12)23-5-3-22(11-25)4-6-23/h7-8,11,13H,2-6,9-10H2,1H3,(H,21,28)/t13-/m0/s1. The first-order valence-corrected chi connectivity index (χ1v) is 9.52. The molecule has 28 heavy (non-hydrogen) atoms. The number of rotatable bonds is 6. The summed E-state index contributed by atoms with van der Waals surface area (Å²) in [5, 5.41) is 2.99. The van der Waals surface area contributed by atoms with Crippen molar-refractivity contribution in [1.29, 1.82) is 0 Å². The summed E-state index contributed by atoms with van der Waals surface area (Å²) < 4.78 is 34.6. The first-order valence-electron chi connectivity index (χ1n) is 9.11. The predicted octanol–water partition coefficient (Wildman–Crippen LogP) is 1.90. The monoisotopic (exact) mass is 412 g/mol. The van der Waals surface area contributed by atoms with Gasteiger partial charge in [0.05, 0.1) is 23.8 Å². The minimum atomic E-state index is -0.754. The Hall–Kier alpha value is -2.49. The van der Waals surface area contributed by atoms with Crippen molar-refractivity contribution in [3.05, 3.63) is 23.8 Å². The summed E-state index contributed by atoms with van der Waals surface area (Å²) in [6.45, 7) is 3.90. The number of benzene rings is 1. The zero-order chi connectivity index (χ0) is 20.3. The number of piperazine rings is 1. The van der Waals surface area contributed by atoms with Gasteiger partial charge in [0.2, 0.25) is 6.41 Å². The first kappa shape index (κ1) is 20.2. The Morgan fingerprint density at radius 2 is 1.93 bits per heavy atom. The van der Waals surface area contributed by atoms with Gasteiger partial charge in [-0.2, -0.15) is 0 Å². The second-order valence-corrected chi connectivity index (χ2v) is 7.15. The van der Waals surface area contributed by atoms with Crippen molar-refractivity contribution in [3.8, 4) is 0 Å². The van der Waals surface area contributed by atoms with Gasteiger partial charge >= 0.3 is 6.09 Å². The van der Waals surface area contributed by atoms with Crippen LogP contribution in [-0.2, 0) is 9.53 Å². The van der Waals surface area contributed by atoms with E-state index in [1.165, 1.54) is 4.90 Å². The molecule has 0 radical (unpaired) electrons. The molecule has 1 atom stereocenters. The second-order valence-electron chi connectivity index (χ2n) is 6.66. The number of halogens is 2. The van der Waals surface area contributed by atoms with Crippen LogP contribution < -0.4 is 15.1 Å². The number of amides is 2. The van der Waals surface area contributed by atoms with Crippen LogP contribution in [0.4, 0.5) is 25.0 Å². The zero-order valence-corrected chi connectivity index (χ0v) is 16.3. The summed E-state index contributed by atoms with van der Waals surface area (Å²) in [7, 11) is 0. The highest BCUT2D eigenvalue weighted by Crippen LogP contribution is 2.31.